The summed E-state index contributed by atoms with van der Waals surface area (Å²) in [5, 5.41) is 0. The predicted molar refractivity (Wildman–Crippen MR) is 120 cm³/mol. The van der Waals surface area contributed by atoms with Gasteiger partial charge in [-0.3, -0.25) is 4.79 Å². The smallest absolute Gasteiger partial charge is 0.245 e. The van der Waals surface area contributed by atoms with Gasteiger partial charge >= 0.3 is 0 Å². The highest BCUT2D eigenvalue weighted by molar-refractivity contribution is 7.89. The van der Waals surface area contributed by atoms with Gasteiger partial charge in [0.05, 0.1) is 22.3 Å². The summed E-state index contributed by atoms with van der Waals surface area (Å²) < 4.78 is 29.4. The fourth-order valence-corrected chi connectivity index (χ4v) is 5.41. The second kappa shape index (κ2) is 8.43. The first-order valence-electron chi connectivity index (χ1n) is 10.6. The van der Waals surface area contributed by atoms with Crippen molar-refractivity contribution in [1.29, 1.82) is 0 Å². The highest BCUT2D eigenvalue weighted by atomic mass is 32.2. The molecule has 0 saturated carbocycles. The van der Waals surface area contributed by atoms with Crippen LogP contribution in [0.1, 0.15) is 38.3 Å². The van der Waals surface area contributed by atoms with Crippen molar-refractivity contribution >= 4 is 27.0 Å². The van der Waals surface area contributed by atoms with Gasteiger partial charge in [0.2, 0.25) is 15.9 Å². The molecule has 7 nitrogen and oxygen atoms in total. The number of fused-ring (bicyclic) bond motifs is 1. The molecule has 1 saturated heterocycles. The summed E-state index contributed by atoms with van der Waals surface area (Å²) in [5.41, 5.74) is 2.87. The second-order valence-electron chi connectivity index (χ2n) is 8.27. The number of nitrogens with zero attached hydrogens (tertiary/aromatic N) is 4. The van der Waals surface area contributed by atoms with Crippen molar-refractivity contribution in [2.24, 2.45) is 0 Å². The molecule has 0 N–H and O–H groups in total. The standard InChI is InChI=1S/C23H28N4O3S/c1-17(2)19-8-10-20(11-9-19)31(29,30)26-14-12-25(13-15-26)23(28)18(3)27-16-24-21-6-4-5-7-22(21)27/h4-11,16-18H,12-15H2,1-3H3. The van der Waals surface area contributed by atoms with Gasteiger partial charge in [-0.05, 0) is 42.7 Å². The van der Waals surface area contributed by atoms with Crippen LogP contribution in [-0.4, -0.2) is 59.3 Å². The lowest BCUT2D eigenvalue weighted by Crippen LogP contribution is -2.51. The van der Waals surface area contributed by atoms with E-state index in [1.165, 1.54) is 4.31 Å². The van der Waals surface area contributed by atoms with E-state index in [0.717, 1.165) is 16.6 Å². The number of carbonyl (C=O) groups is 1. The van der Waals surface area contributed by atoms with Crippen LogP contribution in [0.5, 0.6) is 0 Å². The van der Waals surface area contributed by atoms with E-state index in [1.54, 1.807) is 23.4 Å². The van der Waals surface area contributed by atoms with Crippen molar-refractivity contribution in [3.05, 3.63) is 60.4 Å². The second-order valence-corrected chi connectivity index (χ2v) is 10.2. The van der Waals surface area contributed by atoms with Gasteiger partial charge in [-0.25, -0.2) is 13.4 Å². The number of para-hydroxylation sites is 2. The summed E-state index contributed by atoms with van der Waals surface area (Å²) in [4.78, 5) is 19.5. The average molecular weight is 441 g/mol. The van der Waals surface area contributed by atoms with E-state index < -0.39 is 16.1 Å². The molecule has 1 amide bonds. The van der Waals surface area contributed by atoms with Gasteiger partial charge in [0.1, 0.15) is 6.04 Å². The first kappa shape index (κ1) is 21.5. The van der Waals surface area contributed by atoms with E-state index >= 15 is 0 Å². The minimum atomic E-state index is -3.57. The van der Waals surface area contributed by atoms with Crippen molar-refractivity contribution < 1.29 is 13.2 Å². The Labute approximate surface area is 183 Å². The number of piperazine rings is 1. The molecule has 1 aliphatic rings. The molecule has 2 aromatic carbocycles. The summed E-state index contributed by atoms with van der Waals surface area (Å²) in [5.74, 6) is 0.322. The largest absolute Gasteiger partial charge is 0.338 e. The summed E-state index contributed by atoms with van der Waals surface area (Å²) in [7, 11) is -3.57. The number of hydrogen-bond acceptors (Lipinski definition) is 4. The molecule has 0 aliphatic carbocycles. The Morgan fingerprint density at radius 1 is 0.935 bits per heavy atom. The Bertz CT molecular complexity index is 1180. The molecule has 0 radical (unpaired) electrons. The Balaban J connectivity index is 1.43. The number of carbonyl (C=O) groups excluding carboxylic acids is 1. The van der Waals surface area contributed by atoms with Crippen LogP contribution in [0, 0.1) is 0 Å². The minimum absolute atomic E-state index is 0.0264. The van der Waals surface area contributed by atoms with Crippen LogP contribution in [0.4, 0.5) is 0 Å². The molecule has 2 heterocycles. The molecule has 1 aliphatic heterocycles. The van der Waals surface area contributed by atoms with Gasteiger partial charge in [0, 0.05) is 26.2 Å². The molecule has 164 valence electrons. The van der Waals surface area contributed by atoms with E-state index in [9.17, 15) is 13.2 Å². The maximum atomic E-state index is 13.1. The third-order valence-corrected chi connectivity index (χ3v) is 7.90. The molecule has 31 heavy (non-hydrogen) atoms. The minimum Gasteiger partial charge on any atom is -0.338 e. The lowest BCUT2D eigenvalue weighted by Gasteiger charge is -2.35. The number of amides is 1. The van der Waals surface area contributed by atoms with E-state index in [1.807, 2.05) is 47.9 Å². The molecule has 4 rings (SSSR count). The maximum absolute atomic E-state index is 13.1. The number of hydrogen-bond donors (Lipinski definition) is 0. The van der Waals surface area contributed by atoms with Crippen LogP contribution in [-0.2, 0) is 14.8 Å². The lowest BCUT2D eigenvalue weighted by molar-refractivity contribution is -0.135. The number of aromatic nitrogens is 2. The predicted octanol–water partition coefficient (Wildman–Crippen LogP) is 3.25. The van der Waals surface area contributed by atoms with E-state index in [4.69, 9.17) is 0 Å². The molecular formula is C23H28N4O3S. The van der Waals surface area contributed by atoms with Crippen molar-refractivity contribution in [3.63, 3.8) is 0 Å². The summed E-state index contributed by atoms with van der Waals surface area (Å²) in [6, 6.07) is 14.4. The van der Waals surface area contributed by atoms with Crippen molar-refractivity contribution in [2.75, 3.05) is 26.2 Å². The zero-order valence-corrected chi connectivity index (χ0v) is 18.9. The van der Waals surface area contributed by atoms with Gasteiger partial charge < -0.3 is 9.47 Å². The molecular weight excluding hydrogens is 412 g/mol. The van der Waals surface area contributed by atoms with Crippen molar-refractivity contribution in [3.8, 4) is 0 Å². The van der Waals surface area contributed by atoms with Crippen molar-refractivity contribution in [2.45, 2.75) is 37.6 Å². The number of sulfonamides is 1. The fraction of sp³-hybridized carbons (Fsp3) is 0.391. The van der Waals surface area contributed by atoms with Gasteiger partial charge in [-0.1, -0.05) is 38.1 Å². The molecule has 0 spiro atoms. The van der Waals surface area contributed by atoms with Crippen LogP contribution in [0.2, 0.25) is 0 Å². The molecule has 1 fully saturated rings. The lowest BCUT2D eigenvalue weighted by atomic mass is 10.0. The number of rotatable bonds is 5. The zero-order valence-electron chi connectivity index (χ0n) is 18.1. The van der Waals surface area contributed by atoms with Gasteiger partial charge in [-0.2, -0.15) is 4.31 Å². The van der Waals surface area contributed by atoms with E-state index in [-0.39, 0.29) is 19.0 Å². The highest BCUT2D eigenvalue weighted by Gasteiger charge is 2.32. The molecule has 0 bridgehead atoms. The fourth-order valence-electron chi connectivity index (χ4n) is 3.99. The van der Waals surface area contributed by atoms with E-state index in [0.29, 0.717) is 23.9 Å². The van der Waals surface area contributed by atoms with Crippen LogP contribution < -0.4 is 0 Å². The SMILES string of the molecule is CC(C)c1ccc(S(=O)(=O)N2CCN(C(=O)C(C)n3cnc4ccccc43)CC2)cc1. The monoisotopic (exact) mass is 440 g/mol. The third kappa shape index (κ3) is 4.09. The Morgan fingerprint density at radius 2 is 1.58 bits per heavy atom. The van der Waals surface area contributed by atoms with Crippen LogP contribution >= 0.6 is 0 Å². The molecule has 3 aromatic rings. The number of benzene rings is 2. The highest BCUT2D eigenvalue weighted by Crippen LogP contribution is 2.23. The van der Waals surface area contributed by atoms with Crippen LogP contribution in [0.3, 0.4) is 0 Å². The average Bonchev–Trinajstić information content (AvgIpc) is 3.22. The summed E-state index contributed by atoms with van der Waals surface area (Å²) in [6.45, 7) is 7.34. The van der Waals surface area contributed by atoms with Gasteiger partial charge in [0.25, 0.3) is 0 Å². The Hall–Kier alpha value is -2.71. The topological polar surface area (TPSA) is 75.5 Å². The van der Waals surface area contributed by atoms with Gasteiger partial charge in [-0.15, -0.1) is 0 Å². The summed E-state index contributed by atoms with van der Waals surface area (Å²) in [6.07, 6.45) is 1.69. The first-order chi connectivity index (χ1) is 14.8. The molecule has 1 aromatic heterocycles. The third-order valence-electron chi connectivity index (χ3n) is 5.99. The normalized spacial score (nSPS) is 16.7. The van der Waals surface area contributed by atoms with E-state index in [2.05, 4.69) is 18.8 Å². The van der Waals surface area contributed by atoms with Gasteiger partial charge in [0.15, 0.2) is 0 Å². The number of imidazole rings is 1. The Kier molecular flexibility index (Phi) is 5.85. The molecule has 1 unspecified atom stereocenters. The maximum Gasteiger partial charge on any atom is 0.245 e. The first-order valence-corrected chi connectivity index (χ1v) is 12.0. The van der Waals surface area contributed by atoms with Crippen LogP contribution in [0.25, 0.3) is 11.0 Å². The quantitative estimate of drug-likeness (QED) is 0.610. The zero-order chi connectivity index (χ0) is 22.2. The van der Waals surface area contributed by atoms with Crippen LogP contribution in [0.15, 0.2) is 59.8 Å². The molecule has 1 atom stereocenters. The van der Waals surface area contributed by atoms with Crippen molar-refractivity contribution in [1.82, 2.24) is 18.8 Å². The molecule has 8 heteroatoms. The Morgan fingerprint density at radius 3 is 2.23 bits per heavy atom. The summed E-state index contributed by atoms with van der Waals surface area (Å²) >= 11 is 0.